The molecule has 0 unspecified atom stereocenters. The molecule has 0 heterocycles. The fourth-order valence-corrected chi connectivity index (χ4v) is 1.95. The van der Waals surface area contributed by atoms with Crippen LogP contribution in [0.15, 0.2) is 67.1 Å². The minimum absolute atomic E-state index is 0.0885. The predicted octanol–water partition coefficient (Wildman–Crippen LogP) is 3.58. The lowest BCUT2D eigenvalue weighted by Gasteiger charge is -2.10. The molecular weight excluding hydrogens is 280 g/mol. The summed E-state index contributed by atoms with van der Waals surface area (Å²) in [6.07, 6.45) is 0. The lowest BCUT2D eigenvalue weighted by Crippen LogP contribution is -2.13. The standard InChI is InChI=1S/C18H16O4/c1-3-21-13(2)22-18(20)16-12-8-7-11-15(16)17(19)14-9-5-4-6-10-14/h4-12H,2-3H2,1H3. The number of carbonyl (C=O) groups excluding carboxylic acids is 2. The van der Waals surface area contributed by atoms with Gasteiger partial charge in [0, 0.05) is 11.1 Å². The maximum absolute atomic E-state index is 12.5. The van der Waals surface area contributed by atoms with Crippen molar-refractivity contribution in [2.75, 3.05) is 6.61 Å². The van der Waals surface area contributed by atoms with Crippen LogP contribution >= 0.6 is 0 Å². The summed E-state index contributed by atoms with van der Waals surface area (Å²) in [5.74, 6) is -0.997. The van der Waals surface area contributed by atoms with E-state index in [9.17, 15) is 9.59 Å². The van der Waals surface area contributed by atoms with E-state index >= 15 is 0 Å². The highest BCUT2D eigenvalue weighted by Gasteiger charge is 2.19. The Kier molecular flexibility index (Phi) is 5.09. The number of esters is 1. The molecule has 0 atom stereocenters. The molecule has 0 aliphatic carbocycles. The van der Waals surface area contributed by atoms with Crippen LogP contribution in [0.5, 0.6) is 0 Å². The molecule has 0 saturated carbocycles. The molecule has 0 aliphatic rings. The van der Waals surface area contributed by atoms with Crippen LogP contribution in [0.1, 0.15) is 33.2 Å². The predicted molar refractivity (Wildman–Crippen MR) is 82.5 cm³/mol. The quantitative estimate of drug-likeness (QED) is 0.464. The van der Waals surface area contributed by atoms with Gasteiger partial charge >= 0.3 is 5.97 Å². The van der Waals surface area contributed by atoms with Crippen LogP contribution in [0.2, 0.25) is 0 Å². The number of benzene rings is 2. The highest BCUT2D eigenvalue weighted by Crippen LogP contribution is 2.17. The van der Waals surface area contributed by atoms with E-state index in [4.69, 9.17) is 9.47 Å². The topological polar surface area (TPSA) is 52.6 Å². The Bertz CT molecular complexity index is 689. The first-order chi connectivity index (χ1) is 10.6. The van der Waals surface area contributed by atoms with Gasteiger partial charge in [-0.2, -0.15) is 0 Å². The maximum Gasteiger partial charge on any atom is 0.346 e. The highest BCUT2D eigenvalue weighted by molar-refractivity contribution is 6.14. The molecule has 0 aromatic heterocycles. The first-order valence-corrected chi connectivity index (χ1v) is 6.86. The summed E-state index contributed by atoms with van der Waals surface area (Å²) in [4.78, 5) is 24.7. The van der Waals surface area contributed by atoms with Crippen LogP contribution in [0, 0.1) is 0 Å². The molecule has 2 aromatic carbocycles. The summed E-state index contributed by atoms with van der Waals surface area (Å²) < 4.78 is 9.99. The molecule has 0 N–H and O–H groups in total. The van der Waals surface area contributed by atoms with Crippen LogP contribution in [0.25, 0.3) is 0 Å². The van der Waals surface area contributed by atoms with Crippen molar-refractivity contribution in [2.24, 2.45) is 0 Å². The third-order valence-corrected chi connectivity index (χ3v) is 2.94. The SMILES string of the molecule is C=C(OCC)OC(=O)c1ccccc1C(=O)c1ccccc1. The van der Waals surface area contributed by atoms with Gasteiger partial charge < -0.3 is 9.47 Å². The molecule has 0 radical (unpaired) electrons. The van der Waals surface area contributed by atoms with Crippen molar-refractivity contribution in [3.05, 3.63) is 83.8 Å². The maximum atomic E-state index is 12.5. The smallest absolute Gasteiger partial charge is 0.346 e. The summed E-state index contributed by atoms with van der Waals surface area (Å²) in [5.41, 5.74) is 0.964. The zero-order valence-corrected chi connectivity index (χ0v) is 12.2. The molecule has 0 aliphatic heterocycles. The number of hydrogen-bond acceptors (Lipinski definition) is 4. The zero-order chi connectivity index (χ0) is 15.9. The molecular formula is C18H16O4. The average molecular weight is 296 g/mol. The normalized spacial score (nSPS) is 9.86. The Balaban J connectivity index is 2.29. The number of ketones is 1. The van der Waals surface area contributed by atoms with E-state index in [1.54, 1.807) is 49.4 Å². The lowest BCUT2D eigenvalue weighted by molar-refractivity contribution is 0.0290. The molecule has 4 heteroatoms. The van der Waals surface area contributed by atoms with E-state index in [0.717, 1.165) is 0 Å². The van der Waals surface area contributed by atoms with Gasteiger partial charge in [-0.05, 0) is 19.6 Å². The second-order valence-electron chi connectivity index (χ2n) is 4.44. The molecule has 4 nitrogen and oxygen atoms in total. The van der Waals surface area contributed by atoms with Crippen LogP contribution in [-0.2, 0) is 9.47 Å². The monoisotopic (exact) mass is 296 g/mol. The summed E-state index contributed by atoms with van der Waals surface area (Å²) >= 11 is 0. The van der Waals surface area contributed by atoms with Gasteiger partial charge in [0.2, 0.25) is 0 Å². The summed E-state index contributed by atoms with van der Waals surface area (Å²) in [6, 6.07) is 15.3. The van der Waals surface area contributed by atoms with Gasteiger partial charge in [0.1, 0.15) is 0 Å². The first kappa shape index (κ1) is 15.5. The third-order valence-electron chi connectivity index (χ3n) is 2.94. The zero-order valence-electron chi connectivity index (χ0n) is 12.2. The van der Waals surface area contributed by atoms with Crippen molar-refractivity contribution in [1.82, 2.24) is 0 Å². The second kappa shape index (κ2) is 7.22. The Morgan fingerprint density at radius 1 is 0.955 bits per heavy atom. The fraction of sp³-hybridized carbons (Fsp3) is 0.111. The minimum atomic E-state index is -0.668. The van der Waals surface area contributed by atoms with Gasteiger partial charge in [0.15, 0.2) is 5.78 Å². The lowest BCUT2D eigenvalue weighted by atomic mass is 9.98. The van der Waals surface area contributed by atoms with E-state index in [0.29, 0.717) is 12.2 Å². The molecule has 0 saturated heterocycles. The molecule has 0 bridgehead atoms. The molecule has 0 spiro atoms. The van der Waals surface area contributed by atoms with E-state index < -0.39 is 5.97 Å². The van der Waals surface area contributed by atoms with Crippen molar-refractivity contribution >= 4 is 11.8 Å². The van der Waals surface area contributed by atoms with E-state index in [2.05, 4.69) is 6.58 Å². The molecule has 22 heavy (non-hydrogen) atoms. The Hall–Kier alpha value is -2.88. The average Bonchev–Trinajstić information content (AvgIpc) is 2.55. The Morgan fingerprint density at radius 3 is 2.18 bits per heavy atom. The fourth-order valence-electron chi connectivity index (χ4n) is 1.95. The number of ether oxygens (including phenoxy) is 2. The van der Waals surface area contributed by atoms with E-state index in [1.165, 1.54) is 6.07 Å². The van der Waals surface area contributed by atoms with Crippen molar-refractivity contribution in [1.29, 1.82) is 0 Å². The van der Waals surface area contributed by atoms with Crippen LogP contribution in [0.4, 0.5) is 0 Å². The highest BCUT2D eigenvalue weighted by atomic mass is 16.7. The molecule has 2 aromatic rings. The third kappa shape index (κ3) is 3.61. The molecule has 0 amide bonds. The summed E-state index contributed by atoms with van der Waals surface area (Å²) in [5, 5.41) is 0. The van der Waals surface area contributed by atoms with Crippen molar-refractivity contribution < 1.29 is 19.1 Å². The Morgan fingerprint density at radius 2 is 1.55 bits per heavy atom. The van der Waals surface area contributed by atoms with Gasteiger partial charge in [-0.3, -0.25) is 4.79 Å². The number of carbonyl (C=O) groups is 2. The molecule has 112 valence electrons. The Labute approximate surface area is 129 Å². The number of hydrogen-bond donors (Lipinski definition) is 0. The second-order valence-corrected chi connectivity index (χ2v) is 4.44. The minimum Gasteiger partial charge on any atom is -0.466 e. The largest absolute Gasteiger partial charge is 0.466 e. The van der Waals surface area contributed by atoms with Crippen LogP contribution in [0.3, 0.4) is 0 Å². The van der Waals surface area contributed by atoms with Gasteiger partial charge in [-0.1, -0.05) is 48.5 Å². The first-order valence-electron chi connectivity index (χ1n) is 6.86. The van der Waals surface area contributed by atoms with E-state index in [1.807, 2.05) is 6.07 Å². The van der Waals surface area contributed by atoms with Gasteiger partial charge in [-0.15, -0.1) is 0 Å². The molecule has 2 rings (SSSR count). The van der Waals surface area contributed by atoms with Gasteiger partial charge in [0.05, 0.1) is 12.2 Å². The summed E-state index contributed by atoms with van der Waals surface area (Å²) in [6.45, 7) is 5.59. The van der Waals surface area contributed by atoms with Crippen molar-refractivity contribution in [3.8, 4) is 0 Å². The van der Waals surface area contributed by atoms with Crippen molar-refractivity contribution in [3.63, 3.8) is 0 Å². The van der Waals surface area contributed by atoms with Gasteiger partial charge in [0.25, 0.3) is 5.95 Å². The summed E-state index contributed by atoms with van der Waals surface area (Å²) in [7, 11) is 0. The van der Waals surface area contributed by atoms with Crippen LogP contribution in [-0.4, -0.2) is 18.4 Å². The van der Waals surface area contributed by atoms with Crippen LogP contribution < -0.4 is 0 Å². The van der Waals surface area contributed by atoms with Crippen molar-refractivity contribution in [2.45, 2.75) is 6.92 Å². The van der Waals surface area contributed by atoms with E-state index in [-0.39, 0.29) is 22.9 Å². The molecule has 0 fully saturated rings. The number of rotatable bonds is 6. The van der Waals surface area contributed by atoms with Gasteiger partial charge in [-0.25, -0.2) is 4.79 Å².